The highest BCUT2D eigenvalue weighted by Gasteiger charge is 2.23. The average Bonchev–Trinajstić information content (AvgIpc) is 2.68. The molecule has 6 nitrogen and oxygen atoms in total. The maximum Gasteiger partial charge on any atom is 0.251 e. The third-order valence-electron chi connectivity index (χ3n) is 4.84. The summed E-state index contributed by atoms with van der Waals surface area (Å²) in [6.07, 6.45) is 1.91. The predicted octanol–water partition coefficient (Wildman–Crippen LogP) is 2.92. The lowest BCUT2D eigenvalue weighted by Gasteiger charge is -2.32. The van der Waals surface area contributed by atoms with E-state index in [1.54, 1.807) is 6.07 Å². The van der Waals surface area contributed by atoms with Crippen molar-refractivity contribution in [1.82, 2.24) is 20.2 Å². The molecule has 0 aliphatic carbocycles. The fourth-order valence-corrected chi connectivity index (χ4v) is 3.47. The van der Waals surface area contributed by atoms with Crippen molar-refractivity contribution in [2.45, 2.75) is 25.7 Å². The van der Waals surface area contributed by atoms with Crippen LogP contribution in [0.2, 0.25) is 0 Å². The first-order chi connectivity index (χ1) is 12.7. The van der Waals surface area contributed by atoms with Crippen LogP contribution in [0, 0.1) is 6.92 Å². The van der Waals surface area contributed by atoms with Gasteiger partial charge in [-0.05, 0) is 31.9 Å². The van der Waals surface area contributed by atoms with E-state index in [-0.39, 0.29) is 5.56 Å². The summed E-state index contributed by atoms with van der Waals surface area (Å²) < 4.78 is 0. The molecule has 6 heteroatoms. The molecule has 0 amide bonds. The quantitative estimate of drug-likeness (QED) is 0.788. The second-order valence-electron chi connectivity index (χ2n) is 6.66. The third-order valence-corrected chi connectivity index (χ3v) is 4.84. The topological polar surface area (TPSA) is 74.8 Å². The number of rotatable bonds is 3. The Balaban J connectivity index is 1.44. The number of benzene rings is 1. The minimum absolute atomic E-state index is 0.0719. The minimum Gasteiger partial charge on any atom is -0.355 e. The minimum atomic E-state index is -0.0719. The van der Waals surface area contributed by atoms with Gasteiger partial charge >= 0.3 is 0 Å². The molecule has 1 saturated heterocycles. The van der Waals surface area contributed by atoms with Crippen LogP contribution in [0.1, 0.15) is 30.3 Å². The lowest BCUT2D eigenvalue weighted by molar-refractivity contribution is 0.490. The fourth-order valence-electron chi connectivity index (χ4n) is 3.47. The van der Waals surface area contributed by atoms with Gasteiger partial charge in [0.05, 0.1) is 11.4 Å². The molecule has 3 heterocycles. The van der Waals surface area contributed by atoms with Crippen molar-refractivity contribution < 1.29 is 0 Å². The van der Waals surface area contributed by atoms with Crippen LogP contribution in [-0.4, -0.2) is 33.3 Å². The maximum atomic E-state index is 11.7. The SMILES string of the molecule is Cc1nc(C2CCN(c3ccc(-c4ccccc4)nn3)CC2)cc(=O)[nH]1. The van der Waals surface area contributed by atoms with Gasteiger partial charge in [-0.25, -0.2) is 4.98 Å². The van der Waals surface area contributed by atoms with Gasteiger partial charge in [-0.15, -0.1) is 10.2 Å². The maximum absolute atomic E-state index is 11.7. The Hall–Kier alpha value is -3.02. The zero-order chi connectivity index (χ0) is 17.9. The molecule has 4 rings (SSSR count). The van der Waals surface area contributed by atoms with E-state index in [1.807, 2.05) is 49.4 Å². The second kappa shape index (κ2) is 7.07. The summed E-state index contributed by atoms with van der Waals surface area (Å²) in [5, 5.41) is 8.79. The molecular formula is C20H21N5O. The molecule has 0 atom stereocenters. The highest BCUT2D eigenvalue weighted by Crippen LogP contribution is 2.28. The van der Waals surface area contributed by atoms with Crippen LogP contribution >= 0.6 is 0 Å². The zero-order valence-electron chi connectivity index (χ0n) is 14.7. The van der Waals surface area contributed by atoms with Crippen molar-refractivity contribution in [1.29, 1.82) is 0 Å². The van der Waals surface area contributed by atoms with Crippen LogP contribution in [0.3, 0.4) is 0 Å². The van der Waals surface area contributed by atoms with Crippen molar-refractivity contribution in [3.05, 3.63) is 70.4 Å². The molecule has 0 bridgehead atoms. The number of aromatic amines is 1. The molecule has 3 aromatic rings. The van der Waals surface area contributed by atoms with Gasteiger partial charge in [0.15, 0.2) is 5.82 Å². The van der Waals surface area contributed by atoms with Gasteiger partial charge in [0, 0.05) is 30.6 Å². The molecule has 2 aromatic heterocycles. The van der Waals surface area contributed by atoms with Crippen LogP contribution in [0.5, 0.6) is 0 Å². The molecule has 1 aromatic carbocycles. The van der Waals surface area contributed by atoms with Crippen LogP contribution in [0.25, 0.3) is 11.3 Å². The summed E-state index contributed by atoms with van der Waals surface area (Å²) in [6, 6.07) is 15.7. The lowest BCUT2D eigenvalue weighted by Crippen LogP contribution is -2.34. The van der Waals surface area contributed by atoms with Crippen molar-refractivity contribution in [2.24, 2.45) is 0 Å². The zero-order valence-corrected chi connectivity index (χ0v) is 14.7. The van der Waals surface area contributed by atoms with Gasteiger partial charge < -0.3 is 9.88 Å². The Kier molecular flexibility index (Phi) is 4.48. The Morgan fingerprint density at radius 1 is 1.04 bits per heavy atom. The van der Waals surface area contributed by atoms with Crippen LogP contribution in [0.15, 0.2) is 53.3 Å². The van der Waals surface area contributed by atoms with Crippen molar-refractivity contribution >= 4 is 5.82 Å². The number of anilines is 1. The first kappa shape index (κ1) is 16.4. The first-order valence-corrected chi connectivity index (χ1v) is 8.91. The summed E-state index contributed by atoms with van der Waals surface area (Å²) in [5.74, 6) is 1.90. The summed E-state index contributed by atoms with van der Waals surface area (Å²) in [6.45, 7) is 3.60. The molecule has 132 valence electrons. The number of H-pyrrole nitrogens is 1. The van der Waals surface area contributed by atoms with Crippen molar-refractivity contribution in [3.8, 4) is 11.3 Å². The molecule has 26 heavy (non-hydrogen) atoms. The molecule has 1 fully saturated rings. The molecule has 1 aliphatic rings. The Morgan fingerprint density at radius 3 is 2.46 bits per heavy atom. The molecule has 0 unspecified atom stereocenters. The van der Waals surface area contributed by atoms with E-state index < -0.39 is 0 Å². The monoisotopic (exact) mass is 347 g/mol. The number of hydrogen-bond acceptors (Lipinski definition) is 5. The Labute approximate surface area is 151 Å². The molecule has 0 radical (unpaired) electrons. The van der Waals surface area contributed by atoms with E-state index in [9.17, 15) is 4.79 Å². The smallest absolute Gasteiger partial charge is 0.251 e. The molecular weight excluding hydrogens is 326 g/mol. The highest BCUT2D eigenvalue weighted by atomic mass is 16.1. The number of nitrogens with zero attached hydrogens (tertiary/aromatic N) is 4. The number of piperidine rings is 1. The number of aryl methyl sites for hydroxylation is 1. The van der Waals surface area contributed by atoms with Gasteiger partial charge in [0.25, 0.3) is 5.56 Å². The normalized spacial score (nSPS) is 15.2. The van der Waals surface area contributed by atoms with Crippen molar-refractivity contribution in [2.75, 3.05) is 18.0 Å². The highest BCUT2D eigenvalue weighted by molar-refractivity contribution is 5.59. The number of hydrogen-bond donors (Lipinski definition) is 1. The van der Waals surface area contributed by atoms with Gasteiger partial charge in [0.2, 0.25) is 0 Å². The molecule has 0 saturated carbocycles. The van der Waals surface area contributed by atoms with Gasteiger partial charge in [0.1, 0.15) is 5.82 Å². The van der Waals surface area contributed by atoms with E-state index >= 15 is 0 Å². The Bertz CT molecular complexity index is 928. The van der Waals surface area contributed by atoms with Gasteiger partial charge in [-0.3, -0.25) is 4.79 Å². The summed E-state index contributed by atoms with van der Waals surface area (Å²) >= 11 is 0. The molecule has 0 spiro atoms. The lowest BCUT2D eigenvalue weighted by atomic mass is 9.93. The summed E-state index contributed by atoms with van der Waals surface area (Å²) in [7, 11) is 0. The Morgan fingerprint density at radius 2 is 1.81 bits per heavy atom. The fraction of sp³-hybridized carbons (Fsp3) is 0.300. The summed E-state index contributed by atoms with van der Waals surface area (Å²) in [5.41, 5.74) is 2.78. The standard InChI is InChI=1S/C20H21N5O/c1-14-21-18(13-20(26)22-14)16-9-11-25(12-10-16)19-8-7-17(23-24-19)15-5-3-2-4-6-15/h2-8,13,16H,9-12H2,1H3,(H,21,22,26). The van der Waals surface area contributed by atoms with E-state index in [4.69, 9.17) is 0 Å². The van der Waals surface area contributed by atoms with E-state index in [1.165, 1.54) is 0 Å². The predicted molar refractivity (Wildman–Crippen MR) is 101 cm³/mol. The van der Waals surface area contributed by atoms with Crippen LogP contribution in [0.4, 0.5) is 5.82 Å². The van der Waals surface area contributed by atoms with Crippen LogP contribution < -0.4 is 10.5 Å². The second-order valence-corrected chi connectivity index (χ2v) is 6.66. The molecule has 1 N–H and O–H groups in total. The first-order valence-electron chi connectivity index (χ1n) is 8.91. The molecule has 1 aliphatic heterocycles. The van der Waals surface area contributed by atoms with Crippen molar-refractivity contribution in [3.63, 3.8) is 0 Å². The van der Waals surface area contributed by atoms with Gasteiger partial charge in [-0.1, -0.05) is 30.3 Å². The van der Waals surface area contributed by atoms with Gasteiger partial charge in [-0.2, -0.15) is 0 Å². The number of nitrogens with one attached hydrogen (secondary N) is 1. The largest absolute Gasteiger partial charge is 0.355 e. The van der Waals surface area contributed by atoms with E-state index in [0.29, 0.717) is 11.7 Å². The summed E-state index contributed by atoms with van der Waals surface area (Å²) in [4.78, 5) is 21.1. The third kappa shape index (κ3) is 3.49. The van der Waals surface area contributed by atoms with Crippen LogP contribution in [-0.2, 0) is 0 Å². The average molecular weight is 347 g/mol. The number of aromatic nitrogens is 4. The van der Waals surface area contributed by atoms with E-state index in [2.05, 4.69) is 25.1 Å². The van der Waals surface area contributed by atoms with E-state index in [0.717, 1.165) is 48.7 Å².